The van der Waals surface area contributed by atoms with Gasteiger partial charge in [0.2, 0.25) is 0 Å². The van der Waals surface area contributed by atoms with Gasteiger partial charge in [0.05, 0.1) is 30.0 Å². The highest BCUT2D eigenvalue weighted by molar-refractivity contribution is 7.86. The number of carbonyl (C=O) groups is 2. The molecule has 18 heteroatoms. The average Bonchev–Trinajstić information content (AvgIpc) is 3.01. The fourth-order valence-corrected chi connectivity index (χ4v) is 4.68. The zero-order valence-corrected chi connectivity index (χ0v) is 24.2. The summed E-state index contributed by atoms with van der Waals surface area (Å²) in [6, 6.07) is 10.8. The number of nitrogen functional groups attached to an aromatic ring is 1. The molecular weight excluding hydrogens is 630 g/mol. The van der Waals surface area contributed by atoms with E-state index in [-0.39, 0.29) is 69.4 Å². The van der Waals surface area contributed by atoms with Crippen LogP contribution in [0.4, 0.5) is 28.4 Å². The highest BCUT2D eigenvalue weighted by Gasteiger charge is 2.23. The Kier molecular flexibility index (Phi) is 10.1. The van der Waals surface area contributed by atoms with Gasteiger partial charge in [-0.15, -0.1) is 15.3 Å². The Morgan fingerprint density at radius 3 is 1.80 bits per heavy atom. The van der Waals surface area contributed by atoms with Gasteiger partial charge >= 0.3 is 11.9 Å². The molecule has 0 aromatic heterocycles. The SMILES string of the molecule is Nc1ccc2cc(S(=O)(=O)O)c(/N=N\c3cc(OCCO)c(/N=N\c4cc(C(=O)O)cc(C(=O)O)c4)cc3OCCO)c(O)c2c1. The third kappa shape index (κ3) is 7.68. The molecule has 4 aromatic rings. The monoisotopic (exact) mass is 655 g/mol. The molecule has 0 unspecified atom stereocenters. The molecule has 0 radical (unpaired) electrons. The van der Waals surface area contributed by atoms with Crippen LogP contribution in [0.2, 0.25) is 0 Å². The number of hydrogen-bond donors (Lipinski definition) is 7. The van der Waals surface area contributed by atoms with Crippen LogP contribution in [0, 0.1) is 0 Å². The van der Waals surface area contributed by atoms with Crippen molar-refractivity contribution in [2.45, 2.75) is 4.90 Å². The molecule has 240 valence electrons. The van der Waals surface area contributed by atoms with Crippen molar-refractivity contribution in [1.82, 2.24) is 0 Å². The number of aliphatic hydroxyl groups excluding tert-OH is 2. The number of carboxylic acids is 2. The molecule has 0 atom stereocenters. The van der Waals surface area contributed by atoms with Crippen molar-refractivity contribution < 1.29 is 57.6 Å². The summed E-state index contributed by atoms with van der Waals surface area (Å²) in [5.41, 5.74) is 4.30. The zero-order chi connectivity index (χ0) is 33.6. The molecule has 0 heterocycles. The Bertz CT molecular complexity index is 1960. The Balaban J connectivity index is 1.87. The van der Waals surface area contributed by atoms with Crippen molar-refractivity contribution >= 4 is 61.3 Å². The number of aromatic carboxylic acids is 2. The Labute approximate surface area is 259 Å². The molecule has 0 saturated heterocycles. The second kappa shape index (κ2) is 13.9. The number of phenols is 1. The lowest BCUT2D eigenvalue weighted by Crippen LogP contribution is -2.04. The van der Waals surface area contributed by atoms with Gasteiger partial charge in [0.25, 0.3) is 10.1 Å². The van der Waals surface area contributed by atoms with E-state index < -0.39 is 51.6 Å². The van der Waals surface area contributed by atoms with Crippen molar-refractivity contribution in [1.29, 1.82) is 0 Å². The largest absolute Gasteiger partial charge is 0.505 e. The van der Waals surface area contributed by atoms with E-state index in [4.69, 9.17) is 15.2 Å². The van der Waals surface area contributed by atoms with E-state index in [0.717, 1.165) is 24.3 Å². The fraction of sp³-hybridized carbons (Fsp3) is 0.143. The molecule has 0 aliphatic rings. The van der Waals surface area contributed by atoms with Gasteiger partial charge in [-0.05, 0) is 41.8 Å². The minimum Gasteiger partial charge on any atom is -0.505 e. The zero-order valence-electron chi connectivity index (χ0n) is 23.4. The van der Waals surface area contributed by atoms with Crippen molar-refractivity contribution in [3.8, 4) is 17.2 Å². The van der Waals surface area contributed by atoms with Gasteiger partial charge in [-0.3, -0.25) is 4.55 Å². The Hall–Kier alpha value is -5.69. The number of hydrogen-bond acceptors (Lipinski definition) is 14. The standard InChI is InChI=1S/C28H25N5O12S/c29-17-2-1-14-10-24(46(41,42)43)25(26(36)19(14)11-17)33-32-21-13-22(44-5-3-34)20(12-23(21)45-6-4-35)31-30-18-8-15(27(37)38)7-16(9-18)28(39)40/h1-2,7-13,34-36H,3-6,29H2,(H,37,38)(H,39,40)(H,41,42,43)/b31-30-,33-32-. The summed E-state index contributed by atoms with van der Waals surface area (Å²) in [7, 11) is -4.93. The van der Waals surface area contributed by atoms with Gasteiger partial charge in [0, 0.05) is 23.2 Å². The smallest absolute Gasteiger partial charge is 0.335 e. The fourth-order valence-electron chi connectivity index (χ4n) is 4.02. The van der Waals surface area contributed by atoms with E-state index in [2.05, 4.69) is 20.5 Å². The van der Waals surface area contributed by atoms with Crippen LogP contribution in [0.15, 0.2) is 79.9 Å². The molecule has 8 N–H and O–H groups in total. The summed E-state index contributed by atoms with van der Waals surface area (Å²) in [4.78, 5) is 22.2. The maximum absolute atomic E-state index is 12.2. The van der Waals surface area contributed by atoms with Gasteiger partial charge in [-0.1, -0.05) is 6.07 Å². The summed E-state index contributed by atoms with van der Waals surface area (Å²) >= 11 is 0. The predicted molar refractivity (Wildman–Crippen MR) is 160 cm³/mol. The van der Waals surface area contributed by atoms with E-state index in [1.165, 1.54) is 30.3 Å². The average molecular weight is 656 g/mol. The molecule has 0 aliphatic carbocycles. The highest BCUT2D eigenvalue weighted by Crippen LogP contribution is 2.45. The minimum atomic E-state index is -4.93. The molecule has 0 fully saturated rings. The summed E-state index contributed by atoms with van der Waals surface area (Å²) in [5.74, 6) is -3.68. The minimum absolute atomic E-state index is 0.0828. The number of aromatic hydroxyl groups is 1. The van der Waals surface area contributed by atoms with Gasteiger partial charge in [0.15, 0.2) is 5.75 Å². The molecule has 4 aromatic carbocycles. The lowest BCUT2D eigenvalue weighted by molar-refractivity contribution is 0.0696. The maximum atomic E-state index is 12.2. The van der Waals surface area contributed by atoms with Gasteiger partial charge in [-0.2, -0.15) is 13.5 Å². The third-order valence-electron chi connectivity index (χ3n) is 6.04. The number of azo groups is 2. The lowest BCUT2D eigenvalue weighted by atomic mass is 10.1. The number of nitrogens with two attached hydrogens (primary N) is 1. The van der Waals surface area contributed by atoms with Crippen molar-refractivity contribution in [3.05, 3.63) is 65.7 Å². The molecule has 0 saturated carbocycles. The number of aliphatic hydroxyl groups is 2. The van der Waals surface area contributed by atoms with E-state index in [9.17, 15) is 48.1 Å². The first-order valence-corrected chi connectivity index (χ1v) is 14.4. The second-order valence-electron chi connectivity index (χ2n) is 9.24. The first-order valence-electron chi connectivity index (χ1n) is 13.0. The van der Waals surface area contributed by atoms with E-state index in [1.807, 2.05) is 0 Å². The highest BCUT2D eigenvalue weighted by atomic mass is 32.2. The molecule has 0 aliphatic heterocycles. The summed E-state index contributed by atoms with van der Waals surface area (Å²) in [6.07, 6.45) is 0. The van der Waals surface area contributed by atoms with Gasteiger partial charge in [-0.25, -0.2) is 9.59 Å². The molecule has 0 bridgehead atoms. The van der Waals surface area contributed by atoms with Crippen LogP contribution in [-0.4, -0.2) is 76.9 Å². The van der Waals surface area contributed by atoms with Gasteiger partial charge < -0.3 is 40.7 Å². The molecular formula is C28H25N5O12S. The number of phenolic OH excluding ortho intramolecular Hbond substituents is 1. The number of nitrogens with zero attached hydrogens (tertiary/aromatic N) is 4. The topological polar surface area (TPSA) is 284 Å². The van der Waals surface area contributed by atoms with Crippen molar-refractivity contribution in [2.24, 2.45) is 20.5 Å². The summed E-state index contributed by atoms with van der Waals surface area (Å²) in [6.45, 7) is -1.41. The lowest BCUT2D eigenvalue weighted by Gasteiger charge is -2.13. The summed E-state index contributed by atoms with van der Waals surface area (Å²) < 4.78 is 45.3. The van der Waals surface area contributed by atoms with Crippen molar-refractivity contribution in [2.75, 3.05) is 32.2 Å². The van der Waals surface area contributed by atoms with Crippen LogP contribution in [0.3, 0.4) is 0 Å². The number of anilines is 1. The van der Waals surface area contributed by atoms with Crippen LogP contribution >= 0.6 is 0 Å². The van der Waals surface area contributed by atoms with Crippen molar-refractivity contribution in [3.63, 3.8) is 0 Å². The first kappa shape index (κ1) is 33.2. The number of fused-ring (bicyclic) bond motifs is 1. The van der Waals surface area contributed by atoms with Gasteiger partial charge in [0.1, 0.15) is 46.7 Å². The van der Waals surface area contributed by atoms with Crippen LogP contribution in [-0.2, 0) is 10.1 Å². The van der Waals surface area contributed by atoms with Crippen LogP contribution in [0.1, 0.15) is 20.7 Å². The second-order valence-corrected chi connectivity index (χ2v) is 10.6. The maximum Gasteiger partial charge on any atom is 0.335 e. The van der Waals surface area contributed by atoms with E-state index >= 15 is 0 Å². The van der Waals surface area contributed by atoms with Crippen LogP contribution < -0.4 is 15.2 Å². The molecule has 17 nitrogen and oxygen atoms in total. The number of benzene rings is 4. The quantitative estimate of drug-likeness (QED) is 0.0600. The molecule has 46 heavy (non-hydrogen) atoms. The van der Waals surface area contributed by atoms with E-state index in [0.29, 0.717) is 0 Å². The van der Waals surface area contributed by atoms with E-state index in [1.54, 1.807) is 0 Å². The molecule has 0 amide bonds. The Morgan fingerprint density at radius 2 is 1.30 bits per heavy atom. The Morgan fingerprint density at radius 1 is 0.761 bits per heavy atom. The predicted octanol–water partition coefficient (Wildman–Crippen LogP) is 4.34. The van der Waals surface area contributed by atoms with Crippen LogP contribution in [0.25, 0.3) is 10.8 Å². The normalized spacial score (nSPS) is 11.8. The first-order chi connectivity index (χ1) is 21.8. The number of rotatable bonds is 13. The molecule has 4 rings (SSSR count). The summed E-state index contributed by atoms with van der Waals surface area (Å²) in [5, 5.41) is 64.4. The van der Waals surface area contributed by atoms with Crippen LogP contribution in [0.5, 0.6) is 17.2 Å². The number of carboxylic acid groups (broad SMARTS) is 2. The molecule has 0 spiro atoms. The third-order valence-corrected chi connectivity index (χ3v) is 6.90. The number of ether oxygens (including phenoxy) is 2.